The zero-order chi connectivity index (χ0) is 17.5. The van der Waals surface area contributed by atoms with Crippen molar-refractivity contribution in [2.75, 3.05) is 14.1 Å². The lowest BCUT2D eigenvalue weighted by molar-refractivity contribution is -0.916. The van der Waals surface area contributed by atoms with Gasteiger partial charge >= 0.3 is 6.03 Å². The van der Waals surface area contributed by atoms with Gasteiger partial charge in [0.25, 0.3) is 5.91 Å². The fraction of sp³-hybridized carbons (Fsp3) is 0.222. The summed E-state index contributed by atoms with van der Waals surface area (Å²) in [6.07, 6.45) is 0. The topological polar surface area (TPSA) is 62.6 Å². The van der Waals surface area contributed by atoms with E-state index < -0.39 is 12.1 Å². The molecule has 5 nitrogen and oxygen atoms in total. The molecule has 0 spiro atoms. The van der Waals surface area contributed by atoms with E-state index in [0.29, 0.717) is 11.6 Å². The molecule has 2 aromatic carbocycles. The van der Waals surface area contributed by atoms with Crippen LogP contribution in [0.4, 0.5) is 4.79 Å². The number of quaternary nitrogens is 1. The standard InChI is InChI=1S/C18H20ClN3O2/c1-20-18(24)21-17(23)16(14-6-4-3-5-7-14)22(2)12-13-8-10-15(19)11-9-13/h3-11,16H,12H2,1-2H3,(H2,20,21,23,24)/p+1/t16-/m0/s1. The van der Waals surface area contributed by atoms with Gasteiger partial charge in [-0.25, -0.2) is 4.79 Å². The molecule has 24 heavy (non-hydrogen) atoms. The number of benzene rings is 2. The number of imide groups is 1. The Balaban J connectivity index is 2.22. The molecule has 2 aromatic rings. The predicted molar refractivity (Wildman–Crippen MR) is 93.8 cm³/mol. The largest absolute Gasteiger partial charge is 0.341 e. The Morgan fingerprint density at radius 3 is 2.29 bits per heavy atom. The summed E-state index contributed by atoms with van der Waals surface area (Å²) in [6.45, 7) is 0.623. The summed E-state index contributed by atoms with van der Waals surface area (Å²) in [5.74, 6) is -0.341. The molecule has 0 heterocycles. The van der Waals surface area contributed by atoms with Gasteiger partial charge in [0.1, 0.15) is 6.54 Å². The first-order chi connectivity index (χ1) is 11.5. The lowest BCUT2D eigenvalue weighted by atomic mass is 10.0. The Hall–Kier alpha value is -2.37. The highest BCUT2D eigenvalue weighted by Gasteiger charge is 2.30. The molecule has 0 saturated heterocycles. The summed E-state index contributed by atoms with van der Waals surface area (Å²) in [5.41, 5.74) is 1.91. The maximum atomic E-state index is 12.6. The van der Waals surface area contributed by atoms with Gasteiger partial charge in [0.05, 0.1) is 7.05 Å². The lowest BCUT2D eigenvalue weighted by Gasteiger charge is -2.24. The Bertz CT molecular complexity index is 689. The monoisotopic (exact) mass is 346 g/mol. The predicted octanol–water partition coefficient (Wildman–Crippen LogP) is 1.55. The summed E-state index contributed by atoms with van der Waals surface area (Å²) < 4.78 is 0. The first-order valence-electron chi connectivity index (χ1n) is 7.65. The van der Waals surface area contributed by atoms with Crippen LogP contribution in [0.5, 0.6) is 0 Å². The van der Waals surface area contributed by atoms with Crippen molar-refractivity contribution in [2.24, 2.45) is 0 Å². The number of likely N-dealkylation sites (N-methyl/N-ethyl adjacent to an activating group) is 1. The molecule has 1 unspecified atom stereocenters. The van der Waals surface area contributed by atoms with E-state index in [2.05, 4.69) is 10.6 Å². The molecule has 0 aliphatic carbocycles. The minimum atomic E-state index is -0.514. The summed E-state index contributed by atoms with van der Waals surface area (Å²) in [7, 11) is 3.40. The van der Waals surface area contributed by atoms with Crippen LogP contribution in [-0.2, 0) is 11.3 Å². The molecule has 0 aliphatic rings. The number of carbonyl (C=O) groups excluding carboxylic acids is 2. The number of rotatable bonds is 5. The van der Waals surface area contributed by atoms with Crippen molar-refractivity contribution in [3.63, 3.8) is 0 Å². The van der Waals surface area contributed by atoms with Gasteiger partial charge in [-0.2, -0.15) is 0 Å². The Kier molecular flexibility index (Phi) is 6.35. The third-order valence-electron chi connectivity index (χ3n) is 3.75. The van der Waals surface area contributed by atoms with E-state index in [1.54, 1.807) is 0 Å². The van der Waals surface area contributed by atoms with E-state index in [9.17, 15) is 9.59 Å². The molecule has 0 radical (unpaired) electrons. The van der Waals surface area contributed by atoms with Gasteiger partial charge in [-0.15, -0.1) is 0 Å². The van der Waals surface area contributed by atoms with Gasteiger partial charge in [-0.1, -0.05) is 54.1 Å². The number of hydrogen-bond acceptors (Lipinski definition) is 2. The number of carbonyl (C=O) groups is 2. The summed E-state index contributed by atoms with van der Waals surface area (Å²) in [5, 5.41) is 5.45. The van der Waals surface area contributed by atoms with E-state index in [0.717, 1.165) is 16.0 Å². The van der Waals surface area contributed by atoms with Gasteiger partial charge in [0, 0.05) is 23.2 Å². The Morgan fingerprint density at radius 1 is 1.08 bits per heavy atom. The smallest absolute Gasteiger partial charge is 0.321 e. The zero-order valence-corrected chi connectivity index (χ0v) is 14.4. The second-order valence-electron chi connectivity index (χ2n) is 5.56. The molecule has 126 valence electrons. The van der Waals surface area contributed by atoms with E-state index in [-0.39, 0.29) is 5.91 Å². The quantitative estimate of drug-likeness (QED) is 0.769. The van der Waals surface area contributed by atoms with Crippen molar-refractivity contribution in [2.45, 2.75) is 12.6 Å². The molecule has 6 heteroatoms. The maximum Gasteiger partial charge on any atom is 0.321 e. The highest BCUT2D eigenvalue weighted by molar-refractivity contribution is 6.30. The Labute approximate surface area is 146 Å². The fourth-order valence-electron chi connectivity index (χ4n) is 2.58. The van der Waals surface area contributed by atoms with Crippen molar-refractivity contribution in [1.29, 1.82) is 0 Å². The van der Waals surface area contributed by atoms with Crippen LogP contribution in [0.15, 0.2) is 54.6 Å². The van der Waals surface area contributed by atoms with Crippen LogP contribution in [0.3, 0.4) is 0 Å². The molecule has 0 aromatic heterocycles. The van der Waals surface area contributed by atoms with Gasteiger partial charge in [-0.3, -0.25) is 10.1 Å². The summed E-state index contributed by atoms with van der Waals surface area (Å²) in [4.78, 5) is 25.0. The van der Waals surface area contributed by atoms with Gasteiger partial charge in [0.15, 0.2) is 6.04 Å². The number of halogens is 1. The number of urea groups is 1. The molecule has 3 N–H and O–H groups in total. The van der Waals surface area contributed by atoms with Crippen LogP contribution < -0.4 is 15.5 Å². The zero-order valence-electron chi connectivity index (χ0n) is 13.7. The number of amides is 3. The van der Waals surface area contributed by atoms with Crippen molar-refractivity contribution < 1.29 is 14.5 Å². The van der Waals surface area contributed by atoms with Crippen molar-refractivity contribution in [3.8, 4) is 0 Å². The molecule has 0 saturated carbocycles. The van der Waals surface area contributed by atoms with Crippen LogP contribution in [-0.4, -0.2) is 26.0 Å². The molecule has 2 rings (SSSR count). The van der Waals surface area contributed by atoms with Crippen LogP contribution in [0.2, 0.25) is 5.02 Å². The SMILES string of the molecule is CNC(=O)NC(=O)[C@H](c1ccccc1)[NH+](C)Cc1ccc(Cl)cc1. The fourth-order valence-corrected chi connectivity index (χ4v) is 2.70. The second kappa shape index (κ2) is 8.47. The number of nitrogens with one attached hydrogen (secondary N) is 3. The minimum Gasteiger partial charge on any atom is -0.341 e. The second-order valence-corrected chi connectivity index (χ2v) is 6.00. The molecular weight excluding hydrogens is 326 g/mol. The van der Waals surface area contributed by atoms with Crippen LogP contribution in [0.25, 0.3) is 0 Å². The van der Waals surface area contributed by atoms with Gasteiger partial charge < -0.3 is 10.2 Å². The maximum absolute atomic E-state index is 12.6. The average Bonchev–Trinajstić information content (AvgIpc) is 2.58. The highest BCUT2D eigenvalue weighted by atomic mass is 35.5. The van der Waals surface area contributed by atoms with Crippen molar-refractivity contribution in [1.82, 2.24) is 10.6 Å². The van der Waals surface area contributed by atoms with Crippen molar-refractivity contribution >= 4 is 23.5 Å². The molecule has 2 atom stereocenters. The van der Waals surface area contributed by atoms with Crippen LogP contribution in [0, 0.1) is 0 Å². The summed E-state index contributed by atoms with van der Waals surface area (Å²) >= 11 is 5.92. The van der Waals surface area contributed by atoms with E-state index in [4.69, 9.17) is 11.6 Å². The first-order valence-corrected chi connectivity index (χ1v) is 8.03. The van der Waals surface area contributed by atoms with E-state index in [1.807, 2.05) is 61.6 Å². The van der Waals surface area contributed by atoms with Crippen molar-refractivity contribution in [3.05, 3.63) is 70.7 Å². The Morgan fingerprint density at radius 2 is 1.71 bits per heavy atom. The molecular formula is C18H21ClN3O2+. The minimum absolute atomic E-state index is 0.341. The molecule has 0 bridgehead atoms. The summed E-state index contributed by atoms with van der Waals surface area (Å²) in [6, 6.07) is 15.9. The third kappa shape index (κ3) is 4.81. The highest BCUT2D eigenvalue weighted by Crippen LogP contribution is 2.12. The normalized spacial score (nSPS) is 13.0. The van der Waals surface area contributed by atoms with Crippen LogP contribution >= 0.6 is 11.6 Å². The van der Waals surface area contributed by atoms with E-state index >= 15 is 0 Å². The first kappa shape index (κ1) is 18.0. The molecule has 0 aliphatic heterocycles. The van der Waals surface area contributed by atoms with Gasteiger partial charge in [0.2, 0.25) is 0 Å². The van der Waals surface area contributed by atoms with E-state index in [1.165, 1.54) is 7.05 Å². The molecule has 0 fully saturated rings. The average molecular weight is 347 g/mol. The van der Waals surface area contributed by atoms with Gasteiger partial charge in [-0.05, 0) is 12.1 Å². The molecule has 3 amide bonds. The van der Waals surface area contributed by atoms with Crippen LogP contribution in [0.1, 0.15) is 17.2 Å². The third-order valence-corrected chi connectivity index (χ3v) is 4.00. The number of hydrogen-bond donors (Lipinski definition) is 3. The lowest BCUT2D eigenvalue weighted by Crippen LogP contribution is -3.09.